The van der Waals surface area contributed by atoms with Gasteiger partial charge in [-0.15, -0.1) is 11.3 Å². The van der Waals surface area contributed by atoms with Gasteiger partial charge >= 0.3 is 0 Å². The lowest BCUT2D eigenvalue weighted by atomic mass is 9.90. The number of rotatable bonds is 6. The van der Waals surface area contributed by atoms with Gasteiger partial charge in [0.1, 0.15) is 10.4 Å². The number of hydrogen-bond acceptors (Lipinski definition) is 6. The number of nitrogens with one attached hydrogen (secondary N) is 1. The summed E-state index contributed by atoms with van der Waals surface area (Å²) in [5.74, 6) is -0.220. The minimum absolute atomic E-state index is 0.0306. The Labute approximate surface area is 189 Å². The highest BCUT2D eigenvalue weighted by atomic mass is 32.2. The number of fused-ring (bicyclic) bond motifs is 3. The molecule has 0 saturated heterocycles. The number of para-hydroxylation sites is 1. The van der Waals surface area contributed by atoms with Crippen molar-refractivity contribution in [3.05, 3.63) is 51.1 Å². The molecule has 1 atom stereocenters. The quantitative estimate of drug-likeness (QED) is 0.450. The van der Waals surface area contributed by atoms with Crippen molar-refractivity contribution in [3.8, 4) is 11.8 Å². The van der Waals surface area contributed by atoms with Crippen LogP contribution in [-0.2, 0) is 17.6 Å². The van der Waals surface area contributed by atoms with Crippen molar-refractivity contribution in [1.29, 1.82) is 5.26 Å². The van der Waals surface area contributed by atoms with Crippen LogP contribution >= 0.6 is 23.1 Å². The molecule has 1 aromatic carbocycles. The standard InChI is InChI=1S/C23H24N4O2S2/c1-14(2)23(3,13-24)26-18(28)12-30-22-25-20-19(16-10-7-11-17(16)31-20)21(29)27(22)15-8-5-4-6-9-15/h4-6,8-9,14H,7,10-12H2,1-3H3,(H,26,28). The van der Waals surface area contributed by atoms with Crippen LogP contribution in [0.5, 0.6) is 0 Å². The summed E-state index contributed by atoms with van der Waals surface area (Å²) in [5.41, 5.74) is 0.843. The molecule has 3 aromatic rings. The van der Waals surface area contributed by atoms with Crippen molar-refractivity contribution in [2.24, 2.45) is 5.92 Å². The van der Waals surface area contributed by atoms with E-state index < -0.39 is 5.54 Å². The normalized spacial score (nSPS) is 14.9. The van der Waals surface area contributed by atoms with Gasteiger partial charge in [0.05, 0.1) is 22.9 Å². The highest BCUT2D eigenvalue weighted by Crippen LogP contribution is 2.36. The van der Waals surface area contributed by atoms with Gasteiger partial charge in [0.2, 0.25) is 5.91 Å². The first-order valence-corrected chi connectivity index (χ1v) is 12.1. The van der Waals surface area contributed by atoms with E-state index in [4.69, 9.17) is 4.98 Å². The van der Waals surface area contributed by atoms with Crippen LogP contribution in [0, 0.1) is 17.2 Å². The second-order valence-electron chi connectivity index (χ2n) is 8.21. The summed E-state index contributed by atoms with van der Waals surface area (Å²) < 4.78 is 1.61. The summed E-state index contributed by atoms with van der Waals surface area (Å²) in [6, 6.07) is 11.6. The molecule has 1 aliphatic rings. The van der Waals surface area contributed by atoms with Crippen LogP contribution in [0.1, 0.15) is 37.6 Å². The third-order valence-corrected chi connectivity index (χ3v) is 7.97. The molecule has 8 heteroatoms. The lowest BCUT2D eigenvalue weighted by molar-refractivity contribution is -0.120. The average molecular weight is 453 g/mol. The third-order valence-electron chi connectivity index (χ3n) is 5.84. The largest absolute Gasteiger partial charge is 0.337 e. The Morgan fingerprint density at radius 3 is 2.77 bits per heavy atom. The van der Waals surface area contributed by atoms with E-state index >= 15 is 0 Å². The van der Waals surface area contributed by atoms with Gasteiger partial charge in [0.25, 0.3) is 5.56 Å². The first kappa shape index (κ1) is 21.6. The zero-order chi connectivity index (χ0) is 22.2. The highest BCUT2D eigenvalue weighted by Gasteiger charge is 2.30. The van der Waals surface area contributed by atoms with Crippen LogP contribution in [0.2, 0.25) is 0 Å². The Hall–Kier alpha value is -2.63. The van der Waals surface area contributed by atoms with Crippen molar-refractivity contribution in [2.75, 3.05) is 5.75 Å². The van der Waals surface area contributed by atoms with Gasteiger partial charge in [-0.2, -0.15) is 5.26 Å². The minimum atomic E-state index is -0.942. The van der Waals surface area contributed by atoms with Crippen LogP contribution < -0.4 is 10.9 Å². The van der Waals surface area contributed by atoms with E-state index in [2.05, 4.69) is 11.4 Å². The third kappa shape index (κ3) is 4.00. The molecule has 0 aliphatic heterocycles. The summed E-state index contributed by atoms with van der Waals surface area (Å²) in [5, 5.41) is 13.5. The van der Waals surface area contributed by atoms with Gasteiger partial charge < -0.3 is 5.32 Å². The van der Waals surface area contributed by atoms with Crippen LogP contribution in [0.4, 0.5) is 0 Å². The van der Waals surface area contributed by atoms with Gasteiger partial charge in [-0.3, -0.25) is 14.2 Å². The number of carbonyl (C=O) groups is 1. The second-order valence-corrected chi connectivity index (χ2v) is 10.2. The minimum Gasteiger partial charge on any atom is -0.337 e. The van der Waals surface area contributed by atoms with Crippen molar-refractivity contribution < 1.29 is 4.79 Å². The smallest absolute Gasteiger partial charge is 0.267 e. The van der Waals surface area contributed by atoms with Gasteiger partial charge in [-0.25, -0.2) is 4.98 Å². The summed E-state index contributed by atoms with van der Waals surface area (Å²) in [6.07, 6.45) is 2.98. The molecule has 0 bridgehead atoms. The zero-order valence-electron chi connectivity index (χ0n) is 17.8. The van der Waals surface area contributed by atoms with Crippen LogP contribution in [0.3, 0.4) is 0 Å². The molecule has 0 radical (unpaired) electrons. The van der Waals surface area contributed by atoms with Crippen LogP contribution in [0.15, 0.2) is 40.3 Å². The molecule has 0 fully saturated rings. The predicted molar refractivity (Wildman–Crippen MR) is 125 cm³/mol. The maximum absolute atomic E-state index is 13.6. The van der Waals surface area contributed by atoms with Crippen LogP contribution in [-0.4, -0.2) is 26.8 Å². The van der Waals surface area contributed by atoms with E-state index in [1.165, 1.54) is 16.6 Å². The SMILES string of the molecule is CC(C)C(C)(C#N)NC(=O)CSc1nc2sc3c(c2c(=O)n1-c1ccccc1)CCC3. The number of aromatic nitrogens is 2. The summed E-state index contributed by atoms with van der Waals surface area (Å²) in [7, 11) is 0. The average Bonchev–Trinajstić information content (AvgIpc) is 3.33. The summed E-state index contributed by atoms with van der Waals surface area (Å²) in [4.78, 5) is 33.0. The van der Waals surface area contributed by atoms with Crippen molar-refractivity contribution in [1.82, 2.24) is 14.9 Å². The Kier molecular flexibility index (Phi) is 5.91. The zero-order valence-corrected chi connectivity index (χ0v) is 19.4. The number of amides is 1. The highest BCUT2D eigenvalue weighted by molar-refractivity contribution is 7.99. The molecule has 1 aliphatic carbocycles. The predicted octanol–water partition coefficient (Wildman–Crippen LogP) is 4.08. The first-order valence-electron chi connectivity index (χ1n) is 10.3. The number of hydrogen-bond donors (Lipinski definition) is 1. The Balaban J connectivity index is 1.71. The molecule has 160 valence electrons. The van der Waals surface area contributed by atoms with Crippen LogP contribution in [0.25, 0.3) is 15.9 Å². The monoisotopic (exact) mass is 452 g/mol. The fraction of sp³-hybridized carbons (Fsp3) is 0.391. The number of carbonyl (C=O) groups excluding carboxylic acids is 1. The number of aryl methyl sites for hydroxylation is 2. The van der Waals surface area contributed by atoms with Crippen molar-refractivity contribution in [2.45, 2.75) is 50.7 Å². The molecule has 2 heterocycles. The molecule has 1 N–H and O–H groups in total. The molecule has 1 amide bonds. The molecule has 6 nitrogen and oxygen atoms in total. The lowest BCUT2D eigenvalue weighted by Gasteiger charge is -2.27. The fourth-order valence-corrected chi connectivity index (χ4v) is 5.80. The summed E-state index contributed by atoms with van der Waals surface area (Å²) in [6.45, 7) is 5.52. The van der Waals surface area contributed by atoms with Gasteiger partial charge in [-0.1, -0.05) is 43.8 Å². The number of thioether (sulfide) groups is 1. The maximum Gasteiger partial charge on any atom is 0.267 e. The Morgan fingerprint density at radius 1 is 1.35 bits per heavy atom. The van der Waals surface area contributed by atoms with E-state index in [9.17, 15) is 14.9 Å². The molecular formula is C23H24N4O2S2. The molecule has 4 rings (SSSR count). The molecule has 0 spiro atoms. The molecule has 31 heavy (non-hydrogen) atoms. The van der Waals surface area contributed by atoms with E-state index in [1.54, 1.807) is 22.8 Å². The second kappa shape index (κ2) is 8.48. The molecule has 0 saturated carbocycles. The number of benzene rings is 1. The van der Waals surface area contributed by atoms with E-state index in [-0.39, 0.29) is 23.1 Å². The molecular weight excluding hydrogens is 428 g/mol. The van der Waals surface area contributed by atoms with Gasteiger partial charge in [0.15, 0.2) is 5.16 Å². The van der Waals surface area contributed by atoms with Crippen molar-refractivity contribution in [3.63, 3.8) is 0 Å². The lowest BCUT2D eigenvalue weighted by Crippen LogP contribution is -2.49. The van der Waals surface area contributed by atoms with Gasteiger partial charge in [0, 0.05) is 4.88 Å². The number of thiophene rings is 1. The number of nitrogens with zero attached hydrogens (tertiary/aromatic N) is 3. The van der Waals surface area contributed by atoms with Gasteiger partial charge in [-0.05, 0) is 49.8 Å². The first-order chi connectivity index (χ1) is 14.8. The van der Waals surface area contributed by atoms with Crippen molar-refractivity contribution >= 4 is 39.2 Å². The van der Waals surface area contributed by atoms with E-state index in [0.29, 0.717) is 10.5 Å². The van der Waals surface area contributed by atoms with E-state index in [1.807, 2.05) is 44.2 Å². The molecule has 2 aromatic heterocycles. The summed E-state index contributed by atoms with van der Waals surface area (Å²) >= 11 is 2.81. The number of nitriles is 1. The molecule has 1 unspecified atom stereocenters. The Bertz CT molecular complexity index is 1240. The Morgan fingerprint density at radius 2 is 2.10 bits per heavy atom. The topological polar surface area (TPSA) is 87.8 Å². The maximum atomic E-state index is 13.6. The fourth-order valence-electron chi connectivity index (χ4n) is 3.68. The van der Waals surface area contributed by atoms with E-state index in [0.717, 1.165) is 35.3 Å².